The minimum absolute atomic E-state index is 0.372. The third kappa shape index (κ3) is 3.93. The Morgan fingerprint density at radius 1 is 0.815 bits per heavy atom. The largest absolute Gasteiger partial charge is 0.496 e. The third-order valence-corrected chi connectivity index (χ3v) is 4.24. The van der Waals surface area contributed by atoms with Crippen molar-refractivity contribution in [2.24, 2.45) is 0 Å². The van der Waals surface area contributed by atoms with E-state index in [2.05, 4.69) is 5.48 Å². The summed E-state index contributed by atoms with van der Waals surface area (Å²) in [6.45, 7) is 0. The zero-order chi connectivity index (χ0) is 19.2. The first-order valence-electron chi connectivity index (χ1n) is 8.43. The topological polar surface area (TPSA) is 56.8 Å². The van der Waals surface area contributed by atoms with Crippen LogP contribution in [0.15, 0.2) is 66.7 Å². The molecule has 0 spiro atoms. The van der Waals surface area contributed by atoms with Gasteiger partial charge < -0.3 is 9.47 Å². The number of anilines is 1. The lowest BCUT2D eigenvalue weighted by molar-refractivity contribution is 0.0601. The molecule has 0 radical (unpaired) electrons. The van der Waals surface area contributed by atoms with Gasteiger partial charge in [-0.2, -0.15) is 0 Å². The molecule has 138 valence electrons. The Hall–Kier alpha value is -3.31. The maximum atomic E-state index is 11.8. The van der Waals surface area contributed by atoms with E-state index in [1.807, 2.05) is 54.6 Å². The average molecular weight is 363 g/mol. The van der Waals surface area contributed by atoms with Gasteiger partial charge >= 0.3 is 5.97 Å². The Balaban J connectivity index is 2.08. The third-order valence-electron chi connectivity index (χ3n) is 4.24. The van der Waals surface area contributed by atoms with Gasteiger partial charge in [-0.05, 0) is 35.4 Å². The number of rotatable bonds is 6. The van der Waals surface area contributed by atoms with Gasteiger partial charge in [-0.1, -0.05) is 42.5 Å². The molecule has 0 unspecified atom stereocenters. The Bertz CT molecular complexity index is 953. The van der Waals surface area contributed by atoms with Crippen molar-refractivity contribution in [2.45, 2.75) is 0 Å². The normalized spacial score (nSPS) is 10.3. The Labute approximate surface area is 158 Å². The molecule has 0 aliphatic heterocycles. The molecule has 3 aromatic rings. The van der Waals surface area contributed by atoms with Crippen molar-refractivity contribution in [3.8, 4) is 28.0 Å². The van der Waals surface area contributed by atoms with Crippen LogP contribution >= 0.6 is 0 Å². The molecule has 0 aliphatic rings. The van der Waals surface area contributed by atoms with Crippen molar-refractivity contribution < 1.29 is 19.1 Å². The first-order chi connectivity index (χ1) is 13.2. The SMILES string of the molecule is CONc1cc(-c2ccccc2OC)ccc1-c1cccc(C(=O)OC)c1. The fraction of sp³-hybridized carbons (Fsp3) is 0.136. The van der Waals surface area contributed by atoms with Gasteiger partial charge in [-0.25, -0.2) is 4.79 Å². The Morgan fingerprint density at radius 3 is 2.33 bits per heavy atom. The van der Waals surface area contributed by atoms with Gasteiger partial charge in [0, 0.05) is 11.1 Å². The van der Waals surface area contributed by atoms with E-state index in [0.29, 0.717) is 5.56 Å². The standard InChI is InChI=1S/C22H21NO4/c1-25-21-10-5-4-9-19(21)16-11-12-18(20(14-16)23-27-3)15-7-6-8-17(13-15)22(24)26-2/h4-14,23H,1-3H3. The summed E-state index contributed by atoms with van der Waals surface area (Å²) in [6.07, 6.45) is 0. The van der Waals surface area contributed by atoms with Crippen molar-refractivity contribution in [3.63, 3.8) is 0 Å². The molecule has 0 heterocycles. The molecule has 0 atom stereocenters. The fourth-order valence-electron chi connectivity index (χ4n) is 2.97. The zero-order valence-corrected chi connectivity index (χ0v) is 15.5. The maximum Gasteiger partial charge on any atom is 0.337 e. The van der Waals surface area contributed by atoms with Crippen LogP contribution < -0.4 is 10.2 Å². The number of para-hydroxylation sites is 1. The van der Waals surface area contributed by atoms with Gasteiger partial charge in [0.05, 0.1) is 32.6 Å². The van der Waals surface area contributed by atoms with Crippen LogP contribution in [0.25, 0.3) is 22.3 Å². The highest BCUT2D eigenvalue weighted by molar-refractivity contribution is 5.92. The quantitative estimate of drug-likeness (QED) is 0.504. The first kappa shape index (κ1) is 18.5. The summed E-state index contributed by atoms with van der Waals surface area (Å²) in [5.41, 5.74) is 7.95. The lowest BCUT2D eigenvalue weighted by Crippen LogP contribution is -2.02. The second-order valence-corrected chi connectivity index (χ2v) is 5.84. The summed E-state index contributed by atoms with van der Waals surface area (Å²) in [5, 5.41) is 0. The van der Waals surface area contributed by atoms with E-state index in [9.17, 15) is 4.79 Å². The minimum atomic E-state index is -0.372. The lowest BCUT2D eigenvalue weighted by atomic mass is 9.97. The van der Waals surface area contributed by atoms with Crippen molar-refractivity contribution in [2.75, 3.05) is 26.8 Å². The number of methoxy groups -OCH3 is 2. The van der Waals surface area contributed by atoms with Gasteiger partial charge in [-0.3, -0.25) is 10.3 Å². The molecule has 1 N–H and O–H groups in total. The summed E-state index contributed by atoms with van der Waals surface area (Å²) in [4.78, 5) is 17.0. The van der Waals surface area contributed by atoms with Gasteiger partial charge in [0.2, 0.25) is 0 Å². The van der Waals surface area contributed by atoms with Crippen molar-refractivity contribution >= 4 is 11.7 Å². The van der Waals surface area contributed by atoms with E-state index < -0.39 is 0 Å². The van der Waals surface area contributed by atoms with Crippen LogP contribution in [-0.2, 0) is 9.57 Å². The van der Waals surface area contributed by atoms with Crippen LogP contribution in [0, 0.1) is 0 Å². The molecule has 0 amide bonds. The van der Waals surface area contributed by atoms with E-state index in [1.165, 1.54) is 7.11 Å². The second-order valence-electron chi connectivity index (χ2n) is 5.84. The van der Waals surface area contributed by atoms with Crippen LogP contribution in [0.2, 0.25) is 0 Å². The number of hydrogen-bond donors (Lipinski definition) is 1. The van der Waals surface area contributed by atoms with Crippen molar-refractivity contribution in [1.82, 2.24) is 0 Å². The summed E-state index contributed by atoms with van der Waals surface area (Å²) in [5.74, 6) is 0.421. The molecule has 0 saturated carbocycles. The average Bonchev–Trinajstić information content (AvgIpc) is 2.73. The number of carbonyl (C=O) groups excluding carboxylic acids is 1. The molecule has 3 rings (SSSR count). The van der Waals surface area contributed by atoms with E-state index in [0.717, 1.165) is 33.7 Å². The van der Waals surface area contributed by atoms with Crippen molar-refractivity contribution in [1.29, 1.82) is 0 Å². The predicted molar refractivity (Wildman–Crippen MR) is 106 cm³/mol. The van der Waals surface area contributed by atoms with E-state index in [4.69, 9.17) is 14.3 Å². The van der Waals surface area contributed by atoms with Gasteiger partial charge in [0.15, 0.2) is 0 Å². The number of carbonyl (C=O) groups is 1. The lowest BCUT2D eigenvalue weighted by Gasteiger charge is -2.15. The fourth-order valence-corrected chi connectivity index (χ4v) is 2.97. The van der Waals surface area contributed by atoms with E-state index in [1.54, 1.807) is 26.4 Å². The molecular weight excluding hydrogens is 342 g/mol. The summed E-state index contributed by atoms with van der Waals surface area (Å²) >= 11 is 0. The molecule has 0 fully saturated rings. The highest BCUT2D eigenvalue weighted by atomic mass is 16.6. The number of hydrogen-bond acceptors (Lipinski definition) is 5. The van der Waals surface area contributed by atoms with Gasteiger partial charge in [-0.15, -0.1) is 0 Å². The van der Waals surface area contributed by atoms with E-state index in [-0.39, 0.29) is 5.97 Å². The maximum absolute atomic E-state index is 11.8. The molecule has 27 heavy (non-hydrogen) atoms. The minimum Gasteiger partial charge on any atom is -0.496 e. The van der Waals surface area contributed by atoms with E-state index >= 15 is 0 Å². The van der Waals surface area contributed by atoms with Crippen LogP contribution in [0.1, 0.15) is 10.4 Å². The monoisotopic (exact) mass is 363 g/mol. The molecule has 5 heteroatoms. The van der Waals surface area contributed by atoms with Gasteiger partial charge in [0.1, 0.15) is 5.75 Å². The molecular formula is C22H21NO4. The highest BCUT2D eigenvalue weighted by Crippen LogP contribution is 2.36. The molecule has 0 bridgehead atoms. The van der Waals surface area contributed by atoms with Gasteiger partial charge in [0.25, 0.3) is 0 Å². The van der Waals surface area contributed by atoms with Crippen LogP contribution in [0.5, 0.6) is 5.75 Å². The van der Waals surface area contributed by atoms with Crippen LogP contribution in [0.3, 0.4) is 0 Å². The zero-order valence-electron chi connectivity index (χ0n) is 15.5. The first-order valence-corrected chi connectivity index (χ1v) is 8.43. The number of esters is 1. The molecule has 0 saturated heterocycles. The predicted octanol–water partition coefficient (Wildman–Crippen LogP) is 4.79. The summed E-state index contributed by atoms with van der Waals surface area (Å²) < 4.78 is 10.3. The Morgan fingerprint density at radius 2 is 1.59 bits per heavy atom. The Kier molecular flexibility index (Phi) is 5.74. The number of benzene rings is 3. The van der Waals surface area contributed by atoms with Crippen LogP contribution in [0.4, 0.5) is 5.69 Å². The second kappa shape index (κ2) is 8.38. The van der Waals surface area contributed by atoms with Crippen LogP contribution in [-0.4, -0.2) is 27.3 Å². The summed E-state index contributed by atoms with van der Waals surface area (Å²) in [6, 6.07) is 21.1. The number of ether oxygens (including phenoxy) is 2. The molecule has 0 aliphatic carbocycles. The smallest absolute Gasteiger partial charge is 0.337 e. The highest BCUT2D eigenvalue weighted by Gasteiger charge is 2.12. The van der Waals surface area contributed by atoms with Crippen molar-refractivity contribution in [3.05, 3.63) is 72.3 Å². The molecule has 3 aromatic carbocycles. The number of nitrogens with one attached hydrogen (secondary N) is 1. The molecule has 0 aromatic heterocycles. The molecule has 5 nitrogen and oxygen atoms in total. The summed E-state index contributed by atoms with van der Waals surface area (Å²) in [7, 11) is 4.58.